The van der Waals surface area contributed by atoms with Crippen molar-refractivity contribution in [2.24, 2.45) is 0 Å². The van der Waals surface area contributed by atoms with Gasteiger partial charge in [-0.15, -0.1) is 11.3 Å². The first kappa shape index (κ1) is 19.2. The summed E-state index contributed by atoms with van der Waals surface area (Å²) in [6.07, 6.45) is 1.13. The summed E-state index contributed by atoms with van der Waals surface area (Å²) >= 11 is 7.74. The molecule has 0 spiro atoms. The number of fused-ring (bicyclic) bond motifs is 3. The molecular weight excluding hydrogens is 418 g/mol. The van der Waals surface area contributed by atoms with Crippen LogP contribution in [-0.2, 0) is 24.2 Å². The topological polar surface area (TPSA) is 58.2 Å². The van der Waals surface area contributed by atoms with Crippen molar-refractivity contribution in [1.29, 1.82) is 0 Å². The van der Waals surface area contributed by atoms with Crippen LogP contribution in [0.5, 0.6) is 5.75 Å². The van der Waals surface area contributed by atoms with Crippen LogP contribution in [0.3, 0.4) is 0 Å². The fourth-order valence-corrected chi connectivity index (χ4v) is 4.92. The van der Waals surface area contributed by atoms with E-state index in [1.54, 1.807) is 18.4 Å². The van der Waals surface area contributed by atoms with E-state index in [4.69, 9.17) is 16.3 Å². The smallest absolute Gasteiger partial charge is 0.228 e. The number of aromatic nitrogens is 2. The minimum Gasteiger partial charge on any atom is -0.497 e. The van der Waals surface area contributed by atoms with Gasteiger partial charge in [0.1, 0.15) is 10.8 Å². The highest BCUT2D eigenvalue weighted by atomic mass is 35.5. The maximum atomic E-state index is 13.0. The molecule has 0 bridgehead atoms. The van der Waals surface area contributed by atoms with E-state index in [-0.39, 0.29) is 5.91 Å². The van der Waals surface area contributed by atoms with Gasteiger partial charge in [0.25, 0.3) is 0 Å². The van der Waals surface area contributed by atoms with Gasteiger partial charge in [0, 0.05) is 57.6 Å². The van der Waals surface area contributed by atoms with Crippen molar-refractivity contribution >= 4 is 39.7 Å². The van der Waals surface area contributed by atoms with Gasteiger partial charge >= 0.3 is 0 Å². The zero-order chi connectivity index (χ0) is 20.7. The highest BCUT2D eigenvalue weighted by molar-refractivity contribution is 7.13. The molecule has 3 heterocycles. The van der Waals surface area contributed by atoms with E-state index in [1.165, 1.54) is 11.3 Å². The Kier molecular flexibility index (Phi) is 4.97. The summed E-state index contributed by atoms with van der Waals surface area (Å²) in [7, 11) is 1.65. The molecule has 30 heavy (non-hydrogen) atoms. The maximum absolute atomic E-state index is 13.0. The van der Waals surface area contributed by atoms with Crippen LogP contribution in [0.2, 0.25) is 5.02 Å². The van der Waals surface area contributed by atoms with Gasteiger partial charge in [0.2, 0.25) is 5.91 Å². The normalized spacial score (nSPS) is 13.5. The first-order chi connectivity index (χ1) is 14.6. The third kappa shape index (κ3) is 3.57. The number of ether oxygens (including phenoxy) is 1. The van der Waals surface area contributed by atoms with Crippen LogP contribution < -0.4 is 4.74 Å². The number of rotatable bonds is 4. The first-order valence-corrected chi connectivity index (χ1v) is 11.0. The highest BCUT2D eigenvalue weighted by Crippen LogP contribution is 2.30. The van der Waals surface area contributed by atoms with Crippen molar-refractivity contribution in [2.45, 2.75) is 19.4 Å². The van der Waals surface area contributed by atoms with E-state index in [0.717, 1.165) is 39.3 Å². The fourth-order valence-electron chi connectivity index (χ4n) is 3.92. The summed E-state index contributed by atoms with van der Waals surface area (Å²) in [5, 5.41) is 4.69. The summed E-state index contributed by atoms with van der Waals surface area (Å²) in [5.41, 5.74) is 5.28. The molecule has 1 aliphatic rings. The molecule has 1 N–H and O–H groups in total. The Bertz CT molecular complexity index is 1230. The zero-order valence-corrected chi connectivity index (χ0v) is 18.0. The van der Waals surface area contributed by atoms with Crippen LogP contribution in [0.15, 0.2) is 47.8 Å². The lowest BCUT2D eigenvalue weighted by Gasteiger charge is -2.27. The van der Waals surface area contributed by atoms with Gasteiger partial charge in [-0.05, 0) is 42.5 Å². The minimum atomic E-state index is 0.101. The molecular formula is C23H20ClN3O2S. The molecule has 5 rings (SSSR count). The molecule has 0 atom stereocenters. The second kappa shape index (κ2) is 7.78. The molecule has 0 saturated heterocycles. The van der Waals surface area contributed by atoms with Gasteiger partial charge in [-0.2, -0.15) is 0 Å². The van der Waals surface area contributed by atoms with E-state index in [2.05, 4.69) is 9.97 Å². The van der Waals surface area contributed by atoms with Gasteiger partial charge in [-0.3, -0.25) is 4.79 Å². The minimum absolute atomic E-state index is 0.101. The molecule has 0 saturated carbocycles. The number of amides is 1. The molecule has 0 aliphatic carbocycles. The molecule has 4 aromatic rings. The Balaban J connectivity index is 1.31. The monoisotopic (exact) mass is 437 g/mol. The summed E-state index contributed by atoms with van der Waals surface area (Å²) in [6.45, 7) is 1.31. The average molecular weight is 438 g/mol. The number of benzene rings is 2. The van der Waals surface area contributed by atoms with Crippen molar-refractivity contribution in [1.82, 2.24) is 14.9 Å². The van der Waals surface area contributed by atoms with E-state index < -0.39 is 0 Å². The quantitative estimate of drug-likeness (QED) is 0.484. The van der Waals surface area contributed by atoms with E-state index in [1.807, 2.05) is 52.7 Å². The molecule has 2 aromatic heterocycles. The summed E-state index contributed by atoms with van der Waals surface area (Å²) in [5.74, 6) is 0.914. The molecule has 7 heteroatoms. The second-order valence-electron chi connectivity index (χ2n) is 7.39. The molecule has 5 nitrogen and oxygen atoms in total. The maximum Gasteiger partial charge on any atom is 0.228 e. The van der Waals surface area contributed by atoms with Gasteiger partial charge in [0.05, 0.1) is 19.2 Å². The Morgan fingerprint density at radius 3 is 2.90 bits per heavy atom. The van der Waals surface area contributed by atoms with Crippen molar-refractivity contribution in [3.8, 4) is 16.3 Å². The lowest BCUT2D eigenvalue weighted by atomic mass is 10.0. The van der Waals surface area contributed by atoms with Crippen molar-refractivity contribution in [2.75, 3.05) is 13.7 Å². The zero-order valence-electron chi connectivity index (χ0n) is 16.4. The Hall–Kier alpha value is -2.83. The summed E-state index contributed by atoms with van der Waals surface area (Å²) < 4.78 is 5.21. The van der Waals surface area contributed by atoms with E-state index in [9.17, 15) is 4.79 Å². The number of H-pyrrole nitrogens is 1. The van der Waals surface area contributed by atoms with Gasteiger partial charge < -0.3 is 14.6 Å². The number of methoxy groups -OCH3 is 1. The van der Waals surface area contributed by atoms with Crippen molar-refractivity contribution in [3.05, 3.63) is 69.8 Å². The Labute approximate surface area is 183 Å². The molecule has 0 fully saturated rings. The molecule has 0 radical (unpaired) electrons. The number of hydrogen-bond acceptors (Lipinski definition) is 4. The summed E-state index contributed by atoms with van der Waals surface area (Å²) in [6, 6.07) is 13.7. The van der Waals surface area contributed by atoms with Crippen LogP contribution in [-0.4, -0.2) is 34.4 Å². The molecule has 1 amide bonds. The average Bonchev–Trinajstić information content (AvgIpc) is 3.37. The van der Waals surface area contributed by atoms with Crippen LogP contribution in [0.1, 0.15) is 17.0 Å². The molecule has 1 aliphatic heterocycles. The van der Waals surface area contributed by atoms with Crippen LogP contribution in [0.25, 0.3) is 21.5 Å². The fraction of sp³-hybridized carbons (Fsp3) is 0.217. The highest BCUT2D eigenvalue weighted by Gasteiger charge is 2.24. The van der Waals surface area contributed by atoms with Crippen LogP contribution in [0.4, 0.5) is 0 Å². The van der Waals surface area contributed by atoms with Gasteiger partial charge in [-0.25, -0.2) is 4.98 Å². The van der Waals surface area contributed by atoms with Crippen LogP contribution in [0, 0.1) is 0 Å². The lowest BCUT2D eigenvalue weighted by Crippen LogP contribution is -2.36. The SMILES string of the molecule is COc1ccc(-c2nc(CC(=O)N3CCc4[nH]c5ccc(Cl)cc5c4C3)cs2)cc1. The van der Waals surface area contributed by atoms with Crippen molar-refractivity contribution < 1.29 is 9.53 Å². The summed E-state index contributed by atoms with van der Waals surface area (Å²) in [4.78, 5) is 23.0. The number of thiazole rings is 1. The number of nitrogens with zero attached hydrogens (tertiary/aromatic N) is 2. The van der Waals surface area contributed by atoms with Gasteiger partial charge in [-0.1, -0.05) is 11.6 Å². The Morgan fingerprint density at radius 1 is 1.27 bits per heavy atom. The largest absolute Gasteiger partial charge is 0.497 e. The first-order valence-electron chi connectivity index (χ1n) is 9.76. The molecule has 152 valence electrons. The second-order valence-corrected chi connectivity index (χ2v) is 8.68. The predicted octanol–water partition coefficient (Wildman–Crippen LogP) is 5.08. The number of carbonyl (C=O) groups excluding carboxylic acids is 1. The number of hydrogen-bond donors (Lipinski definition) is 1. The number of carbonyl (C=O) groups is 1. The predicted molar refractivity (Wildman–Crippen MR) is 120 cm³/mol. The number of aromatic amines is 1. The standard InChI is InChI=1S/C23H20ClN3O2S/c1-29-17-5-2-14(3-6-17)23-25-16(13-30-23)11-22(28)27-9-8-21-19(12-27)18-10-15(24)4-7-20(18)26-21/h2-7,10,13,26H,8-9,11-12H2,1H3. The molecule has 0 unspecified atom stereocenters. The van der Waals surface area contributed by atoms with E-state index in [0.29, 0.717) is 24.5 Å². The lowest BCUT2D eigenvalue weighted by molar-refractivity contribution is -0.131. The third-order valence-corrected chi connectivity index (χ3v) is 6.69. The number of nitrogens with one attached hydrogen (secondary N) is 1. The Morgan fingerprint density at radius 2 is 2.10 bits per heavy atom. The van der Waals surface area contributed by atoms with Gasteiger partial charge in [0.15, 0.2) is 0 Å². The number of halogens is 1. The third-order valence-electron chi connectivity index (χ3n) is 5.51. The molecule has 2 aromatic carbocycles. The van der Waals surface area contributed by atoms with Crippen molar-refractivity contribution in [3.63, 3.8) is 0 Å². The van der Waals surface area contributed by atoms with Crippen LogP contribution >= 0.6 is 22.9 Å². The van der Waals surface area contributed by atoms with E-state index >= 15 is 0 Å².